The predicted octanol–water partition coefficient (Wildman–Crippen LogP) is 4.90. The number of nitrogens with one attached hydrogen (secondary N) is 1. The summed E-state index contributed by atoms with van der Waals surface area (Å²) in [6.45, 7) is -0.0722. The highest BCUT2D eigenvalue weighted by Crippen LogP contribution is 2.35. The van der Waals surface area contributed by atoms with Crippen molar-refractivity contribution in [2.24, 2.45) is 5.10 Å². The molecule has 0 aliphatic heterocycles. The van der Waals surface area contributed by atoms with Crippen molar-refractivity contribution < 1.29 is 13.2 Å². The van der Waals surface area contributed by atoms with Crippen molar-refractivity contribution in [2.45, 2.75) is 12.7 Å². The predicted molar refractivity (Wildman–Crippen MR) is 91.6 cm³/mol. The molecule has 1 N–H and O–H groups in total. The van der Waals surface area contributed by atoms with Crippen LogP contribution >= 0.6 is 23.2 Å². The third-order valence-electron chi connectivity index (χ3n) is 3.31. The first kappa shape index (κ1) is 19.6. The highest BCUT2D eigenvalue weighted by Gasteiger charge is 2.31. The number of rotatable bonds is 4. The van der Waals surface area contributed by atoms with Crippen molar-refractivity contribution in [1.29, 1.82) is 10.5 Å². The van der Waals surface area contributed by atoms with Crippen LogP contribution in [0.3, 0.4) is 0 Å². The molecule has 0 fully saturated rings. The van der Waals surface area contributed by atoms with E-state index in [0.717, 1.165) is 12.1 Å². The van der Waals surface area contributed by atoms with Gasteiger partial charge in [-0.15, -0.1) is 0 Å². The Labute approximate surface area is 157 Å². The third-order valence-corrected chi connectivity index (χ3v) is 3.98. The Kier molecular flexibility index (Phi) is 6.10. The van der Waals surface area contributed by atoms with E-state index in [1.54, 1.807) is 12.1 Å². The van der Waals surface area contributed by atoms with Crippen LogP contribution < -0.4 is 5.43 Å². The molecule has 132 valence electrons. The molecule has 0 unspecified atom stereocenters. The minimum absolute atomic E-state index is 0.0358. The molecule has 0 aliphatic rings. The van der Waals surface area contributed by atoms with Gasteiger partial charge >= 0.3 is 6.18 Å². The zero-order valence-electron chi connectivity index (χ0n) is 12.9. The van der Waals surface area contributed by atoms with E-state index in [4.69, 9.17) is 28.5 Å². The Bertz CT molecular complexity index is 900. The molecular formula is C17H9Cl2F3N4. The molecule has 2 aromatic carbocycles. The summed E-state index contributed by atoms with van der Waals surface area (Å²) in [6, 6.07) is 11.6. The molecule has 0 saturated heterocycles. The van der Waals surface area contributed by atoms with Gasteiger partial charge in [0, 0.05) is 21.2 Å². The quantitative estimate of drug-likeness (QED) is 0.589. The third kappa shape index (κ3) is 4.66. The first-order valence-electron chi connectivity index (χ1n) is 7.02. The van der Waals surface area contributed by atoms with Crippen molar-refractivity contribution in [3.8, 4) is 12.1 Å². The number of nitrogens with zero attached hydrogens (tertiary/aromatic N) is 3. The fourth-order valence-corrected chi connectivity index (χ4v) is 2.61. The van der Waals surface area contributed by atoms with E-state index in [1.165, 1.54) is 12.1 Å². The van der Waals surface area contributed by atoms with Gasteiger partial charge in [0.05, 0.1) is 23.7 Å². The molecule has 2 rings (SSSR count). The van der Waals surface area contributed by atoms with E-state index in [-0.39, 0.29) is 27.9 Å². The van der Waals surface area contributed by atoms with E-state index in [9.17, 15) is 18.4 Å². The number of nitriles is 2. The second-order valence-electron chi connectivity index (χ2n) is 5.01. The van der Waals surface area contributed by atoms with Crippen molar-refractivity contribution in [1.82, 2.24) is 5.43 Å². The van der Waals surface area contributed by atoms with Gasteiger partial charge in [-0.1, -0.05) is 35.3 Å². The Morgan fingerprint density at radius 2 is 1.65 bits per heavy atom. The Morgan fingerprint density at radius 3 is 2.12 bits per heavy atom. The first-order chi connectivity index (χ1) is 12.3. The number of hydrogen-bond acceptors (Lipinski definition) is 4. The van der Waals surface area contributed by atoms with Crippen LogP contribution in [0.5, 0.6) is 0 Å². The topological polar surface area (TPSA) is 72.0 Å². The molecule has 0 atom stereocenters. The summed E-state index contributed by atoms with van der Waals surface area (Å²) in [6.07, 6.45) is -4.55. The van der Waals surface area contributed by atoms with Crippen molar-refractivity contribution in [3.63, 3.8) is 0 Å². The second kappa shape index (κ2) is 8.09. The van der Waals surface area contributed by atoms with Crippen molar-refractivity contribution >= 4 is 28.9 Å². The maximum Gasteiger partial charge on any atom is 0.416 e. The summed E-state index contributed by atoms with van der Waals surface area (Å²) in [4.78, 5) is 0. The number of halogens is 5. The average Bonchev–Trinajstić information content (AvgIpc) is 2.60. The van der Waals surface area contributed by atoms with Gasteiger partial charge < -0.3 is 5.43 Å². The smallest absolute Gasteiger partial charge is 0.304 e. The van der Waals surface area contributed by atoms with E-state index in [0.29, 0.717) is 11.1 Å². The molecule has 0 heterocycles. The van der Waals surface area contributed by atoms with E-state index >= 15 is 0 Å². The molecule has 0 saturated carbocycles. The van der Waals surface area contributed by atoms with Crippen LogP contribution in [0.1, 0.15) is 22.3 Å². The van der Waals surface area contributed by atoms with Crippen LogP contribution in [0.4, 0.5) is 13.2 Å². The van der Waals surface area contributed by atoms with Crippen LogP contribution in [0, 0.1) is 22.7 Å². The lowest BCUT2D eigenvalue weighted by Gasteiger charge is -2.12. The van der Waals surface area contributed by atoms with Crippen LogP contribution in [0.25, 0.3) is 0 Å². The van der Waals surface area contributed by atoms with Gasteiger partial charge in [0.25, 0.3) is 0 Å². The summed E-state index contributed by atoms with van der Waals surface area (Å²) in [5.41, 5.74) is 2.79. The van der Waals surface area contributed by atoms with Crippen LogP contribution in [-0.4, -0.2) is 5.71 Å². The number of hydrazone groups is 1. The minimum atomic E-state index is -4.55. The highest BCUT2D eigenvalue weighted by molar-refractivity contribution is 6.36. The molecule has 4 nitrogen and oxygen atoms in total. The van der Waals surface area contributed by atoms with Gasteiger partial charge in [-0.05, 0) is 24.3 Å². The molecule has 2 aromatic rings. The molecular weight excluding hydrogens is 388 g/mol. The van der Waals surface area contributed by atoms with E-state index in [1.807, 2.05) is 12.1 Å². The SMILES string of the molecule is N#CC(=NNCc1c(Cl)cc(C(F)(F)F)cc1Cl)c1ccc(C#N)cc1. The monoisotopic (exact) mass is 396 g/mol. The molecule has 26 heavy (non-hydrogen) atoms. The zero-order valence-corrected chi connectivity index (χ0v) is 14.4. The maximum atomic E-state index is 12.7. The van der Waals surface area contributed by atoms with Gasteiger partial charge in [0.2, 0.25) is 0 Å². The summed E-state index contributed by atoms with van der Waals surface area (Å²) in [5.74, 6) is 0. The largest absolute Gasteiger partial charge is 0.416 e. The van der Waals surface area contributed by atoms with E-state index in [2.05, 4.69) is 10.5 Å². The maximum absolute atomic E-state index is 12.7. The summed E-state index contributed by atoms with van der Waals surface area (Å²) < 4.78 is 38.1. The molecule has 0 bridgehead atoms. The number of alkyl halides is 3. The van der Waals surface area contributed by atoms with Gasteiger partial charge in [0.15, 0.2) is 5.71 Å². The Morgan fingerprint density at radius 1 is 1.08 bits per heavy atom. The summed E-state index contributed by atoms with van der Waals surface area (Å²) in [7, 11) is 0. The van der Waals surface area contributed by atoms with Crippen molar-refractivity contribution in [3.05, 3.63) is 68.7 Å². The fraction of sp³-hybridized carbons (Fsp3) is 0.118. The Hall–Kier alpha value is -2.74. The number of benzene rings is 2. The lowest BCUT2D eigenvalue weighted by molar-refractivity contribution is -0.137. The summed E-state index contributed by atoms with van der Waals surface area (Å²) >= 11 is 11.7. The Balaban J connectivity index is 2.18. The lowest BCUT2D eigenvalue weighted by atomic mass is 10.1. The summed E-state index contributed by atoms with van der Waals surface area (Å²) in [5, 5.41) is 21.5. The fourth-order valence-electron chi connectivity index (χ4n) is 1.99. The molecule has 9 heteroatoms. The van der Waals surface area contributed by atoms with E-state index < -0.39 is 11.7 Å². The molecule has 0 amide bonds. The average molecular weight is 397 g/mol. The lowest BCUT2D eigenvalue weighted by Crippen LogP contribution is -2.12. The second-order valence-corrected chi connectivity index (χ2v) is 5.83. The van der Waals surface area contributed by atoms with Gasteiger partial charge in [-0.25, -0.2) is 0 Å². The highest BCUT2D eigenvalue weighted by atomic mass is 35.5. The van der Waals surface area contributed by atoms with Crippen LogP contribution in [-0.2, 0) is 12.7 Å². The first-order valence-corrected chi connectivity index (χ1v) is 7.78. The van der Waals surface area contributed by atoms with Crippen molar-refractivity contribution in [2.75, 3.05) is 0 Å². The van der Waals surface area contributed by atoms with Gasteiger partial charge in [-0.3, -0.25) is 0 Å². The molecule has 0 radical (unpaired) electrons. The van der Waals surface area contributed by atoms with Crippen LogP contribution in [0.2, 0.25) is 10.0 Å². The van der Waals surface area contributed by atoms with Crippen LogP contribution in [0.15, 0.2) is 41.5 Å². The zero-order chi connectivity index (χ0) is 19.3. The number of hydrogen-bond donors (Lipinski definition) is 1. The standard InChI is InChI=1S/C17H9Cl2F3N4/c18-14-5-12(17(20,21)22)6-15(19)13(14)9-25-26-16(8-24)11-3-1-10(7-23)2-4-11/h1-6,25H,9H2. The molecule has 0 aromatic heterocycles. The molecule has 0 aliphatic carbocycles. The van der Waals surface area contributed by atoms with Gasteiger partial charge in [0.1, 0.15) is 6.07 Å². The normalized spacial score (nSPS) is 11.6. The molecule has 0 spiro atoms. The minimum Gasteiger partial charge on any atom is -0.304 e. The van der Waals surface area contributed by atoms with Gasteiger partial charge in [-0.2, -0.15) is 28.8 Å².